The van der Waals surface area contributed by atoms with Crippen molar-refractivity contribution in [2.45, 2.75) is 38.6 Å². The number of carbonyl (C=O) groups is 1. The van der Waals surface area contributed by atoms with Crippen LogP contribution in [0.15, 0.2) is 24.3 Å². The maximum absolute atomic E-state index is 13.1. The van der Waals surface area contributed by atoms with Crippen LogP contribution in [0.1, 0.15) is 32.3 Å². The van der Waals surface area contributed by atoms with Crippen LogP contribution in [-0.4, -0.2) is 29.3 Å². The average Bonchev–Trinajstić information content (AvgIpc) is 2.82. The van der Waals surface area contributed by atoms with Crippen molar-refractivity contribution in [3.05, 3.63) is 35.6 Å². The molecule has 3 heteroatoms. The van der Waals surface area contributed by atoms with Gasteiger partial charge in [0.2, 0.25) is 0 Å². The number of Topliss-reactive ketones (excluding diaryl/α,β-unsaturated/α-hetero) is 1. The van der Waals surface area contributed by atoms with Gasteiger partial charge in [-0.15, -0.1) is 0 Å². The first-order valence-electron chi connectivity index (χ1n) is 6.53. The zero-order chi connectivity index (χ0) is 13.2. The SMILES string of the molecule is CC(C)(C(=O)Cc1cccc(F)c1)N1CCCC1. The van der Waals surface area contributed by atoms with Gasteiger partial charge in [0, 0.05) is 6.42 Å². The molecule has 0 aromatic heterocycles. The maximum Gasteiger partial charge on any atom is 0.156 e. The highest BCUT2D eigenvalue weighted by atomic mass is 19.1. The highest BCUT2D eigenvalue weighted by Gasteiger charge is 2.35. The Morgan fingerprint density at radius 3 is 2.61 bits per heavy atom. The van der Waals surface area contributed by atoms with Gasteiger partial charge in [-0.2, -0.15) is 0 Å². The summed E-state index contributed by atoms with van der Waals surface area (Å²) in [5, 5.41) is 0. The molecule has 1 heterocycles. The topological polar surface area (TPSA) is 20.3 Å². The predicted molar refractivity (Wildman–Crippen MR) is 70.0 cm³/mol. The number of likely N-dealkylation sites (tertiary alicyclic amines) is 1. The molecule has 0 unspecified atom stereocenters. The molecule has 1 aromatic carbocycles. The number of hydrogen-bond donors (Lipinski definition) is 0. The van der Waals surface area contributed by atoms with Crippen molar-refractivity contribution in [2.24, 2.45) is 0 Å². The molecule has 1 aliphatic rings. The molecule has 0 amide bonds. The molecule has 1 saturated heterocycles. The molecule has 2 nitrogen and oxygen atoms in total. The van der Waals surface area contributed by atoms with Gasteiger partial charge in [-0.25, -0.2) is 4.39 Å². The first kappa shape index (κ1) is 13.2. The Morgan fingerprint density at radius 2 is 2.00 bits per heavy atom. The van der Waals surface area contributed by atoms with Crippen LogP contribution < -0.4 is 0 Å². The molecule has 0 bridgehead atoms. The quantitative estimate of drug-likeness (QED) is 0.818. The van der Waals surface area contributed by atoms with Gasteiger partial charge in [0.1, 0.15) is 5.82 Å². The second-order valence-electron chi connectivity index (χ2n) is 5.48. The zero-order valence-corrected chi connectivity index (χ0v) is 11.1. The van der Waals surface area contributed by atoms with Crippen molar-refractivity contribution in [2.75, 3.05) is 13.1 Å². The maximum atomic E-state index is 13.1. The average molecular weight is 249 g/mol. The molecule has 0 aliphatic carbocycles. The summed E-state index contributed by atoms with van der Waals surface area (Å²) in [6, 6.07) is 6.30. The number of carbonyl (C=O) groups excluding carboxylic acids is 1. The lowest BCUT2D eigenvalue weighted by Crippen LogP contribution is -2.49. The fourth-order valence-electron chi connectivity index (χ4n) is 2.50. The molecule has 0 N–H and O–H groups in total. The van der Waals surface area contributed by atoms with Crippen molar-refractivity contribution in [1.29, 1.82) is 0 Å². The standard InChI is InChI=1S/C15H20FNO/c1-15(2,17-8-3-4-9-17)14(18)11-12-6-5-7-13(16)10-12/h5-7,10H,3-4,8-9,11H2,1-2H3. The number of halogens is 1. The van der Waals surface area contributed by atoms with Crippen LogP contribution in [0, 0.1) is 5.82 Å². The third kappa shape index (κ3) is 2.78. The van der Waals surface area contributed by atoms with Crippen molar-refractivity contribution >= 4 is 5.78 Å². The third-order valence-electron chi connectivity index (χ3n) is 3.83. The molecular formula is C15H20FNO. The molecule has 0 spiro atoms. The Labute approximate surface area is 108 Å². The van der Waals surface area contributed by atoms with E-state index < -0.39 is 5.54 Å². The minimum Gasteiger partial charge on any atom is -0.297 e. The van der Waals surface area contributed by atoms with Crippen molar-refractivity contribution in [3.8, 4) is 0 Å². The van der Waals surface area contributed by atoms with E-state index >= 15 is 0 Å². The Bertz CT molecular complexity index is 436. The van der Waals surface area contributed by atoms with Crippen LogP contribution in [0.5, 0.6) is 0 Å². The summed E-state index contributed by atoms with van der Waals surface area (Å²) in [6.07, 6.45) is 2.63. The number of ketones is 1. The van der Waals surface area contributed by atoms with Gasteiger partial charge in [-0.05, 0) is 57.5 Å². The lowest BCUT2D eigenvalue weighted by molar-refractivity contribution is -0.128. The van der Waals surface area contributed by atoms with Crippen LogP contribution in [-0.2, 0) is 11.2 Å². The molecule has 0 atom stereocenters. The van der Waals surface area contributed by atoms with E-state index in [0.29, 0.717) is 6.42 Å². The van der Waals surface area contributed by atoms with Crippen LogP contribution in [0.2, 0.25) is 0 Å². The van der Waals surface area contributed by atoms with E-state index in [1.165, 1.54) is 12.1 Å². The minimum absolute atomic E-state index is 0.162. The largest absolute Gasteiger partial charge is 0.297 e. The number of rotatable bonds is 4. The highest BCUT2D eigenvalue weighted by molar-refractivity contribution is 5.89. The summed E-state index contributed by atoms with van der Waals surface area (Å²) in [7, 11) is 0. The molecule has 98 valence electrons. The van der Waals surface area contributed by atoms with Gasteiger partial charge in [0.25, 0.3) is 0 Å². The Morgan fingerprint density at radius 1 is 1.33 bits per heavy atom. The Kier molecular flexibility index (Phi) is 3.81. The van der Waals surface area contributed by atoms with E-state index in [4.69, 9.17) is 0 Å². The predicted octanol–water partition coefficient (Wildman–Crippen LogP) is 2.81. The second-order valence-corrected chi connectivity index (χ2v) is 5.48. The summed E-state index contributed by atoms with van der Waals surface area (Å²) >= 11 is 0. The number of nitrogens with zero attached hydrogens (tertiary/aromatic N) is 1. The molecule has 0 saturated carbocycles. The Balaban J connectivity index is 2.06. The van der Waals surface area contributed by atoms with Crippen LogP contribution >= 0.6 is 0 Å². The van der Waals surface area contributed by atoms with Crippen LogP contribution in [0.3, 0.4) is 0 Å². The van der Waals surface area contributed by atoms with E-state index in [-0.39, 0.29) is 11.6 Å². The van der Waals surface area contributed by atoms with Gasteiger partial charge in [0.15, 0.2) is 5.78 Å². The molecule has 1 aliphatic heterocycles. The summed E-state index contributed by atoms with van der Waals surface area (Å²) in [4.78, 5) is 14.6. The van der Waals surface area contributed by atoms with E-state index in [0.717, 1.165) is 31.5 Å². The fraction of sp³-hybridized carbons (Fsp3) is 0.533. The lowest BCUT2D eigenvalue weighted by atomic mass is 9.92. The van der Waals surface area contributed by atoms with E-state index in [1.54, 1.807) is 12.1 Å². The molecule has 2 rings (SSSR count). The first-order chi connectivity index (χ1) is 8.50. The number of benzene rings is 1. The van der Waals surface area contributed by atoms with Gasteiger partial charge in [-0.3, -0.25) is 9.69 Å². The normalized spacial score (nSPS) is 17.1. The van der Waals surface area contributed by atoms with Crippen molar-refractivity contribution in [1.82, 2.24) is 4.90 Å². The highest BCUT2D eigenvalue weighted by Crippen LogP contribution is 2.23. The fourth-order valence-corrected chi connectivity index (χ4v) is 2.50. The van der Waals surface area contributed by atoms with Crippen LogP contribution in [0.4, 0.5) is 4.39 Å². The first-order valence-corrected chi connectivity index (χ1v) is 6.53. The summed E-state index contributed by atoms with van der Waals surface area (Å²) < 4.78 is 13.1. The molecule has 0 radical (unpaired) electrons. The third-order valence-corrected chi connectivity index (χ3v) is 3.83. The summed E-state index contributed by atoms with van der Waals surface area (Å²) in [5.74, 6) is -0.116. The van der Waals surface area contributed by atoms with Gasteiger partial charge < -0.3 is 0 Å². The lowest BCUT2D eigenvalue weighted by Gasteiger charge is -2.34. The molecule has 1 aromatic rings. The summed E-state index contributed by atoms with van der Waals surface area (Å²) in [6.45, 7) is 5.92. The van der Waals surface area contributed by atoms with Crippen molar-refractivity contribution in [3.63, 3.8) is 0 Å². The van der Waals surface area contributed by atoms with E-state index in [2.05, 4.69) is 4.90 Å². The zero-order valence-electron chi connectivity index (χ0n) is 11.1. The molecule has 1 fully saturated rings. The monoisotopic (exact) mass is 249 g/mol. The van der Waals surface area contributed by atoms with E-state index in [9.17, 15) is 9.18 Å². The smallest absolute Gasteiger partial charge is 0.156 e. The molecule has 18 heavy (non-hydrogen) atoms. The van der Waals surface area contributed by atoms with Gasteiger partial charge in [-0.1, -0.05) is 12.1 Å². The van der Waals surface area contributed by atoms with Crippen molar-refractivity contribution < 1.29 is 9.18 Å². The number of hydrogen-bond acceptors (Lipinski definition) is 2. The molecular weight excluding hydrogens is 229 g/mol. The van der Waals surface area contributed by atoms with Gasteiger partial charge >= 0.3 is 0 Å². The second kappa shape index (κ2) is 5.19. The summed E-state index contributed by atoms with van der Waals surface area (Å²) in [5.41, 5.74) is 0.315. The minimum atomic E-state index is -0.442. The van der Waals surface area contributed by atoms with Gasteiger partial charge in [0.05, 0.1) is 5.54 Å². The Hall–Kier alpha value is -1.22. The van der Waals surface area contributed by atoms with E-state index in [1.807, 2.05) is 13.8 Å². The van der Waals surface area contributed by atoms with Crippen LogP contribution in [0.25, 0.3) is 0 Å².